The second-order valence-corrected chi connectivity index (χ2v) is 4.46. The molecule has 1 unspecified atom stereocenters. The zero-order valence-electron chi connectivity index (χ0n) is 9.76. The number of amides is 1. The fraction of sp³-hybridized carbons (Fsp3) is 0.133. The van der Waals surface area contributed by atoms with Crippen molar-refractivity contribution in [1.29, 1.82) is 0 Å². The van der Waals surface area contributed by atoms with Gasteiger partial charge in [0, 0.05) is 11.3 Å². The lowest BCUT2D eigenvalue weighted by atomic mass is 9.87. The van der Waals surface area contributed by atoms with Gasteiger partial charge in [-0.15, -0.1) is 0 Å². The van der Waals surface area contributed by atoms with Crippen LogP contribution < -0.4 is 5.32 Å². The fourth-order valence-corrected chi connectivity index (χ4v) is 2.39. The Morgan fingerprint density at radius 3 is 2.61 bits per heavy atom. The Bertz CT molecular complexity index is 607. The summed E-state index contributed by atoms with van der Waals surface area (Å²) < 4.78 is 0. The second-order valence-electron chi connectivity index (χ2n) is 4.46. The second kappa shape index (κ2) is 4.18. The van der Waals surface area contributed by atoms with E-state index in [4.69, 9.17) is 0 Å². The van der Waals surface area contributed by atoms with Gasteiger partial charge < -0.3 is 10.4 Å². The van der Waals surface area contributed by atoms with Gasteiger partial charge >= 0.3 is 0 Å². The molecular formula is C15H13NO2. The molecule has 0 spiro atoms. The highest BCUT2D eigenvalue weighted by molar-refractivity contribution is 5.99. The molecule has 0 saturated carbocycles. The van der Waals surface area contributed by atoms with Crippen LogP contribution in [0.25, 0.3) is 0 Å². The Hall–Kier alpha value is -2.29. The van der Waals surface area contributed by atoms with Gasteiger partial charge in [0.15, 0.2) is 0 Å². The molecule has 0 fully saturated rings. The monoisotopic (exact) mass is 239 g/mol. The number of carbonyl (C=O) groups excluding carboxylic acids is 1. The van der Waals surface area contributed by atoms with Crippen LogP contribution in [0.1, 0.15) is 17.0 Å². The van der Waals surface area contributed by atoms with Crippen molar-refractivity contribution < 1.29 is 9.90 Å². The van der Waals surface area contributed by atoms with Crippen molar-refractivity contribution in [1.82, 2.24) is 0 Å². The standard InChI is InChI=1S/C15H13NO2/c17-14-8-4-2-6-11(14)12-9-10-5-1-3-7-13(10)16-15(12)18/h1-8,12,17H,9H2,(H,16,18). The first-order chi connectivity index (χ1) is 8.75. The molecule has 18 heavy (non-hydrogen) atoms. The highest BCUT2D eigenvalue weighted by Gasteiger charge is 2.28. The first-order valence-electron chi connectivity index (χ1n) is 5.92. The summed E-state index contributed by atoms with van der Waals surface area (Å²) in [5.41, 5.74) is 2.66. The quantitative estimate of drug-likeness (QED) is 0.803. The zero-order valence-corrected chi connectivity index (χ0v) is 9.76. The van der Waals surface area contributed by atoms with Gasteiger partial charge in [-0.1, -0.05) is 36.4 Å². The predicted octanol–water partition coefficient (Wildman–Crippen LogP) is 2.67. The van der Waals surface area contributed by atoms with Gasteiger partial charge in [-0.05, 0) is 24.1 Å². The molecule has 1 heterocycles. The van der Waals surface area contributed by atoms with Crippen molar-refractivity contribution in [2.45, 2.75) is 12.3 Å². The Morgan fingerprint density at radius 2 is 1.78 bits per heavy atom. The minimum atomic E-state index is -0.318. The molecule has 3 heteroatoms. The number of hydrogen-bond donors (Lipinski definition) is 2. The van der Waals surface area contributed by atoms with E-state index in [1.807, 2.05) is 30.3 Å². The summed E-state index contributed by atoms with van der Waals surface area (Å²) >= 11 is 0. The third-order valence-electron chi connectivity index (χ3n) is 3.33. The summed E-state index contributed by atoms with van der Waals surface area (Å²) in [5.74, 6) is -0.201. The normalized spacial score (nSPS) is 18.0. The lowest BCUT2D eigenvalue weighted by Crippen LogP contribution is -2.28. The Morgan fingerprint density at radius 1 is 1.06 bits per heavy atom. The molecule has 1 aliphatic rings. The molecule has 90 valence electrons. The summed E-state index contributed by atoms with van der Waals surface area (Å²) in [5, 5.41) is 12.7. The molecule has 0 aromatic heterocycles. The Balaban J connectivity index is 2.01. The number of phenols is 1. The third-order valence-corrected chi connectivity index (χ3v) is 3.33. The van der Waals surface area contributed by atoms with Crippen LogP contribution in [-0.4, -0.2) is 11.0 Å². The van der Waals surface area contributed by atoms with E-state index >= 15 is 0 Å². The SMILES string of the molecule is O=C1Nc2ccccc2CC1c1ccccc1O. The Kier molecular flexibility index (Phi) is 2.52. The van der Waals surface area contributed by atoms with Gasteiger partial charge in [-0.3, -0.25) is 4.79 Å². The number of anilines is 1. The van der Waals surface area contributed by atoms with Gasteiger partial charge in [0.05, 0.1) is 5.92 Å². The topological polar surface area (TPSA) is 49.3 Å². The van der Waals surface area contributed by atoms with E-state index < -0.39 is 0 Å². The van der Waals surface area contributed by atoms with E-state index in [-0.39, 0.29) is 17.6 Å². The molecule has 1 atom stereocenters. The summed E-state index contributed by atoms with van der Waals surface area (Å²) in [6.07, 6.45) is 0.625. The number of hydrogen-bond acceptors (Lipinski definition) is 2. The highest BCUT2D eigenvalue weighted by atomic mass is 16.3. The molecule has 1 amide bonds. The third kappa shape index (κ3) is 1.74. The van der Waals surface area contributed by atoms with Crippen molar-refractivity contribution in [3.63, 3.8) is 0 Å². The van der Waals surface area contributed by atoms with E-state index in [1.54, 1.807) is 18.2 Å². The van der Waals surface area contributed by atoms with E-state index in [0.717, 1.165) is 11.3 Å². The van der Waals surface area contributed by atoms with E-state index in [2.05, 4.69) is 5.32 Å². The lowest BCUT2D eigenvalue weighted by molar-refractivity contribution is -0.117. The van der Waals surface area contributed by atoms with E-state index in [1.165, 1.54) is 0 Å². The van der Waals surface area contributed by atoms with Crippen LogP contribution in [0.3, 0.4) is 0 Å². The Labute approximate surface area is 105 Å². The van der Waals surface area contributed by atoms with Crippen LogP contribution in [0.2, 0.25) is 0 Å². The van der Waals surface area contributed by atoms with Crippen molar-refractivity contribution in [2.24, 2.45) is 0 Å². The molecule has 2 aromatic rings. The number of nitrogens with one attached hydrogen (secondary N) is 1. The molecule has 2 aromatic carbocycles. The van der Waals surface area contributed by atoms with Crippen LogP contribution in [0.5, 0.6) is 5.75 Å². The number of fused-ring (bicyclic) bond motifs is 1. The average Bonchev–Trinajstić information content (AvgIpc) is 2.39. The van der Waals surface area contributed by atoms with Crippen molar-refractivity contribution >= 4 is 11.6 Å². The average molecular weight is 239 g/mol. The van der Waals surface area contributed by atoms with Crippen molar-refractivity contribution in [2.75, 3.05) is 5.32 Å². The van der Waals surface area contributed by atoms with Crippen molar-refractivity contribution in [3.05, 3.63) is 59.7 Å². The number of rotatable bonds is 1. The van der Waals surface area contributed by atoms with Gasteiger partial charge in [0.25, 0.3) is 0 Å². The fourth-order valence-electron chi connectivity index (χ4n) is 2.39. The maximum atomic E-state index is 12.1. The number of para-hydroxylation sites is 2. The number of benzene rings is 2. The molecule has 0 radical (unpaired) electrons. The molecule has 3 rings (SSSR count). The molecular weight excluding hydrogens is 226 g/mol. The first-order valence-corrected chi connectivity index (χ1v) is 5.92. The summed E-state index contributed by atoms with van der Waals surface area (Å²) in [7, 11) is 0. The number of phenolic OH excluding ortho intramolecular Hbond substituents is 1. The molecule has 2 N–H and O–H groups in total. The number of aromatic hydroxyl groups is 1. The van der Waals surface area contributed by atoms with Crippen LogP contribution in [-0.2, 0) is 11.2 Å². The van der Waals surface area contributed by atoms with Gasteiger partial charge in [-0.2, -0.15) is 0 Å². The van der Waals surface area contributed by atoms with Gasteiger partial charge in [0.1, 0.15) is 5.75 Å². The van der Waals surface area contributed by atoms with E-state index in [9.17, 15) is 9.90 Å². The number of carbonyl (C=O) groups is 1. The highest BCUT2D eigenvalue weighted by Crippen LogP contribution is 2.34. The van der Waals surface area contributed by atoms with E-state index in [0.29, 0.717) is 12.0 Å². The maximum absolute atomic E-state index is 12.1. The zero-order chi connectivity index (χ0) is 12.5. The predicted molar refractivity (Wildman–Crippen MR) is 69.6 cm³/mol. The van der Waals surface area contributed by atoms with Gasteiger partial charge in [0.2, 0.25) is 5.91 Å². The van der Waals surface area contributed by atoms with Crippen LogP contribution in [0.15, 0.2) is 48.5 Å². The van der Waals surface area contributed by atoms with Crippen LogP contribution in [0, 0.1) is 0 Å². The smallest absolute Gasteiger partial charge is 0.232 e. The van der Waals surface area contributed by atoms with Crippen LogP contribution >= 0.6 is 0 Å². The summed E-state index contributed by atoms with van der Waals surface area (Å²) in [4.78, 5) is 12.1. The summed E-state index contributed by atoms with van der Waals surface area (Å²) in [6, 6.07) is 14.8. The van der Waals surface area contributed by atoms with Crippen molar-refractivity contribution in [3.8, 4) is 5.75 Å². The molecule has 0 saturated heterocycles. The maximum Gasteiger partial charge on any atom is 0.232 e. The molecule has 3 nitrogen and oxygen atoms in total. The van der Waals surface area contributed by atoms with Gasteiger partial charge in [-0.25, -0.2) is 0 Å². The molecule has 1 aliphatic heterocycles. The minimum Gasteiger partial charge on any atom is -0.508 e. The summed E-state index contributed by atoms with van der Waals surface area (Å²) in [6.45, 7) is 0. The first kappa shape index (κ1) is 10.8. The van der Waals surface area contributed by atoms with Crippen LogP contribution in [0.4, 0.5) is 5.69 Å². The minimum absolute atomic E-state index is 0.0600. The largest absolute Gasteiger partial charge is 0.508 e. The molecule has 0 bridgehead atoms. The molecule has 0 aliphatic carbocycles. The lowest BCUT2D eigenvalue weighted by Gasteiger charge is -2.25.